The number of allylic oxidation sites excluding steroid dienone is 1. The third-order valence-electron chi connectivity index (χ3n) is 2.49. The Bertz CT molecular complexity index is 316. The molecule has 0 aromatic heterocycles. The van der Waals surface area contributed by atoms with Crippen LogP contribution in [0.25, 0.3) is 0 Å². The zero-order valence-electron chi connectivity index (χ0n) is 12.7. The van der Waals surface area contributed by atoms with Crippen molar-refractivity contribution in [1.82, 2.24) is 5.32 Å². The Hall–Kier alpha value is -1.37. The van der Waals surface area contributed by atoms with Crippen molar-refractivity contribution in [3.05, 3.63) is 12.0 Å². The number of nitrogens with one attached hydrogen (secondary N) is 1. The number of carbonyl (C=O) groups excluding carboxylic acids is 1. The van der Waals surface area contributed by atoms with Gasteiger partial charge in [-0.05, 0) is 18.9 Å². The predicted octanol–water partition coefficient (Wildman–Crippen LogP) is 2.81. The average molecular weight is 321 g/mol. The van der Waals surface area contributed by atoms with E-state index in [-0.39, 0.29) is 11.7 Å². The summed E-state index contributed by atoms with van der Waals surface area (Å²) < 4.78 is 0. The van der Waals surface area contributed by atoms with Crippen molar-refractivity contribution in [3.8, 4) is 0 Å². The lowest BCUT2D eigenvalue weighted by molar-refractivity contribution is -0.140. The summed E-state index contributed by atoms with van der Waals surface area (Å²) in [7, 11) is 0. The van der Waals surface area contributed by atoms with Gasteiger partial charge < -0.3 is 20.6 Å². The molecule has 0 aromatic carbocycles. The minimum Gasteiger partial charge on any atom is -0.481 e. The van der Waals surface area contributed by atoms with Crippen molar-refractivity contribution >= 4 is 24.5 Å². The molecule has 6 nitrogen and oxygen atoms in total. The first-order valence-corrected chi connectivity index (χ1v) is 7.67. The molecule has 1 atom stereocenters. The molecule has 0 aliphatic rings. The van der Waals surface area contributed by atoms with Gasteiger partial charge >= 0.3 is 5.97 Å². The van der Waals surface area contributed by atoms with E-state index >= 15 is 0 Å². The summed E-state index contributed by atoms with van der Waals surface area (Å²) in [6.45, 7) is 3.44. The van der Waals surface area contributed by atoms with Gasteiger partial charge in [0.25, 0.3) is 5.95 Å². The second-order valence-electron chi connectivity index (χ2n) is 4.54. The van der Waals surface area contributed by atoms with Crippen LogP contribution in [-0.4, -0.2) is 39.0 Å². The van der Waals surface area contributed by atoms with E-state index < -0.39 is 18.0 Å². The average Bonchev–Trinajstić information content (AvgIpc) is 2.40. The molecule has 0 aromatic rings. The van der Waals surface area contributed by atoms with Crippen LogP contribution in [0.3, 0.4) is 0 Å². The lowest BCUT2D eigenvalue weighted by Crippen LogP contribution is -2.40. The molecule has 0 aliphatic carbocycles. The lowest BCUT2D eigenvalue weighted by Gasteiger charge is -2.08. The quantitative estimate of drug-likeness (QED) is 0.255. The van der Waals surface area contributed by atoms with Gasteiger partial charge in [0.15, 0.2) is 0 Å². The van der Waals surface area contributed by atoms with Crippen LogP contribution in [0.2, 0.25) is 0 Å². The minimum absolute atomic E-state index is 0.106. The third-order valence-corrected chi connectivity index (χ3v) is 2.86. The summed E-state index contributed by atoms with van der Waals surface area (Å²) in [6, 6.07) is -0.874. The van der Waals surface area contributed by atoms with Crippen molar-refractivity contribution in [2.75, 3.05) is 5.75 Å². The topological polar surface area (TPSA) is 107 Å². The van der Waals surface area contributed by atoms with E-state index in [4.69, 9.17) is 15.3 Å². The fourth-order valence-electron chi connectivity index (χ4n) is 1.41. The van der Waals surface area contributed by atoms with Crippen molar-refractivity contribution in [3.63, 3.8) is 0 Å². The minimum atomic E-state index is -1.06. The number of amides is 1. The van der Waals surface area contributed by atoms with Crippen LogP contribution >= 0.6 is 12.6 Å². The molecule has 0 fully saturated rings. The number of hydrogen-bond acceptors (Lipinski definition) is 5. The van der Waals surface area contributed by atoms with E-state index in [1.54, 1.807) is 0 Å². The van der Waals surface area contributed by atoms with Crippen LogP contribution in [-0.2, 0) is 9.59 Å². The highest BCUT2D eigenvalue weighted by Gasteiger charge is 2.15. The first kappa shape index (κ1) is 21.9. The normalized spacial score (nSPS) is 10.8. The van der Waals surface area contributed by atoms with E-state index in [9.17, 15) is 9.59 Å². The molecule has 7 heteroatoms. The zero-order chi connectivity index (χ0) is 16.7. The SMILES string of the molecule is CC(=O)N[C@@H](CS)C(=O)O.CCCCCCCC=C(O)O. The van der Waals surface area contributed by atoms with Gasteiger partial charge in [0.1, 0.15) is 6.04 Å². The van der Waals surface area contributed by atoms with E-state index in [1.807, 2.05) is 0 Å². The number of aliphatic hydroxyl groups is 2. The molecular formula is C14H27NO5S. The van der Waals surface area contributed by atoms with Crippen LogP contribution in [0.5, 0.6) is 0 Å². The van der Waals surface area contributed by atoms with Crippen LogP contribution in [0.4, 0.5) is 0 Å². The second-order valence-corrected chi connectivity index (χ2v) is 4.90. The number of carboxylic acid groups (broad SMARTS) is 1. The summed E-state index contributed by atoms with van der Waals surface area (Å²) in [6.07, 6.45) is 8.28. The molecule has 4 N–H and O–H groups in total. The Morgan fingerprint density at radius 1 is 1.14 bits per heavy atom. The first-order chi connectivity index (χ1) is 9.84. The number of hydrogen-bond donors (Lipinski definition) is 5. The summed E-state index contributed by atoms with van der Waals surface area (Å²) >= 11 is 3.73. The first-order valence-electron chi connectivity index (χ1n) is 7.03. The van der Waals surface area contributed by atoms with Gasteiger partial charge in [-0.25, -0.2) is 4.79 Å². The van der Waals surface area contributed by atoms with Crippen LogP contribution < -0.4 is 5.32 Å². The highest BCUT2D eigenvalue weighted by atomic mass is 32.1. The van der Waals surface area contributed by atoms with Gasteiger partial charge in [-0.1, -0.05) is 32.6 Å². The third kappa shape index (κ3) is 18.6. The standard InChI is InChI=1S/C9H18O2.C5H9NO3S/c1-2-3-4-5-6-7-8-9(10)11;1-3(7)6-4(2-10)5(8)9/h8,10-11H,2-7H2,1H3;4,10H,2H2,1H3,(H,6,7)(H,8,9)/t;4-/m.0/s1. The summed E-state index contributed by atoms with van der Waals surface area (Å²) in [5, 5.41) is 27.3. The van der Waals surface area contributed by atoms with E-state index in [0.29, 0.717) is 0 Å². The maximum atomic E-state index is 10.3. The number of thiol groups is 1. The zero-order valence-corrected chi connectivity index (χ0v) is 13.6. The maximum absolute atomic E-state index is 10.3. The number of rotatable bonds is 9. The molecule has 0 rings (SSSR count). The Morgan fingerprint density at radius 3 is 2.05 bits per heavy atom. The van der Waals surface area contributed by atoms with Crippen molar-refractivity contribution in [1.29, 1.82) is 0 Å². The van der Waals surface area contributed by atoms with Gasteiger partial charge in [-0.15, -0.1) is 0 Å². The molecule has 0 heterocycles. The van der Waals surface area contributed by atoms with Gasteiger partial charge in [0, 0.05) is 12.7 Å². The van der Waals surface area contributed by atoms with Crippen molar-refractivity contribution < 1.29 is 24.9 Å². The molecule has 0 spiro atoms. The number of aliphatic hydroxyl groups excluding tert-OH is 1. The van der Waals surface area contributed by atoms with Gasteiger partial charge in [0.2, 0.25) is 5.91 Å². The predicted molar refractivity (Wildman–Crippen MR) is 85.8 cm³/mol. The Balaban J connectivity index is 0. The van der Waals surface area contributed by atoms with Crippen molar-refractivity contribution in [2.45, 2.75) is 58.4 Å². The molecule has 0 bridgehead atoms. The van der Waals surface area contributed by atoms with Gasteiger partial charge in [-0.2, -0.15) is 12.6 Å². The monoisotopic (exact) mass is 321 g/mol. The number of carboxylic acids is 1. The van der Waals surface area contributed by atoms with Crippen LogP contribution in [0, 0.1) is 0 Å². The molecule has 0 saturated heterocycles. The molecular weight excluding hydrogens is 294 g/mol. The number of carbonyl (C=O) groups is 2. The molecule has 0 saturated carbocycles. The van der Waals surface area contributed by atoms with Gasteiger partial charge in [-0.3, -0.25) is 4.79 Å². The van der Waals surface area contributed by atoms with E-state index in [0.717, 1.165) is 12.8 Å². The Labute approximate surface area is 131 Å². The molecule has 1 amide bonds. The van der Waals surface area contributed by atoms with E-state index in [2.05, 4.69) is 24.9 Å². The fourth-order valence-corrected chi connectivity index (χ4v) is 1.66. The van der Waals surface area contributed by atoms with Crippen LogP contribution in [0.1, 0.15) is 52.4 Å². The summed E-state index contributed by atoms with van der Waals surface area (Å²) in [5.41, 5.74) is 0. The maximum Gasteiger partial charge on any atom is 0.327 e. The molecule has 0 radical (unpaired) electrons. The Kier molecular flexibility index (Phi) is 15.7. The molecule has 21 heavy (non-hydrogen) atoms. The number of aliphatic carboxylic acids is 1. The largest absolute Gasteiger partial charge is 0.481 e. The summed E-state index contributed by atoms with van der Waals surface area (Å²) in [4.78, 5) is 20.5. The highest BCUT2D eigenvalue weighted by Crippen LogP contribution is 2.05. The smallest absolute Gasteiger partial charge is 0.327 e. The Morgan fingerprint density at radius 2 is 1.71 bits per heavy atom. The fraction of sp³-hybridized carbons (Fsp3) is 0.714. The summed E-state index contributed by atoms with van der Waals surface area (Å²) in [5.74, 6) is -1.86. The lowest BCUT2D eigenvalue weighted by atomic mass is 10.1. The molecule has 0 unspecified atom stereocenters. The van der Waals surface area contributed by atoms with Gasteiger partial charge in [0.05, 0.1) is 0 Å². The van der Waals surface area contributed by atoms with Crippen LogP contribution in [0.15, 0.2) is 12.0 Å². The van der Waals surface area contributed by atoms with Crippen molar-refractivity contribution in [2.24, 2.45) is 0 Å². The number of unbranched alkanes of at least 4 members (excludes halogenated alkanes) is 5. The highest BCUT2D eigenvalue weighted by molar-refractivity contribution is 7.80. The molecule has 124 valence electrons. The second kappa shape index (κ2) is 15.0. The van der Waals surface area contributed by atoms with E-state index in [1.165, 1.54) is 38.7 Å². The molecule has 0 aliphatic heterocycles.